The van der Waals surface area contributed by atoms with Crippen LogP contribution in [-0.4, -0.2) is 21.5 Å². The number of rotatable bonds is 9. The topological polar surface area (TPSA) is 58.2 Å². The van der Waals surface area contributed by atoms with Gasteiger partial charge in [-0.1, -0.05) is 27.2 Å². The van der Waals surface area contributed by atoms with Gasteiger partial charge >= 0.3 is 0 Å². The molecule has 0 heterocycles. The fourth-order valence-corrected chi connectivity index (χ4v) is 2.95. The van der Waals surface area contributed by atoms with E-state index in [2.05, 4.69) is 10.0 Å². The van der Waals surface area contributed by atoms with Crippen LogP contribution < -0.4 is 10.0 Å². The fourth-order valence-electron chi connectivity index (χ4n) is 1.73. The van der Waals surface area contributed by atoms with Gasteiger partial charge < -0.3 is 5.32 Å². The molecule has 0 aromatic heterocycles. The van der Waals surface area contributed by atoms with Gasteiger partial charge in [0.05, 0.1) is 4.90 Å². The lowest BCUT2D eigenvalue weighted by Crippen LogP contribution is -2.28. The maximum atomic E-state index is 13.7. The minimum atomic E-state index is -3.58. The van der Waals surface area contributed by atoms with Gasteiger partial charge in [0.15, 0.2) is 0 Å². The molecule has 0 aliphatic carbocycles. The summed E-state index contributed by atoms with van der Waals surface area (Å²) in [6.45, 7) is 7.49. The summed E-state index contributed by atoms with van der Waals surface area (Å²) < 4.78 is 40.7. The molecule has 0 amide bonds. The molecular weight excluding hydrogens is 291 g/mol. The Balaban J connectivity index is 2.84. The molecule has 0 spiro atoms. The third-order valence-electron chi connectivity index (χ3n) is 3.39. The van der Waals surface area contributed by atoms with Crippen molar-refractivity contribution in [2.24, 2.45) is 5.92 Å². The van der Waals surface area contributed by atoms with Crippen LogP contribution in [0, 0.1) is 11.7 Å². The van der Waals surface area contributed by atoms with Crippen molar-refractivity contribution < 1.29 is 12.8 Å². The molecule has 1 unspecified atom stereocenters. The summed E-state index contributed by atoms with van der Waals surface area (Å²) in [6.07, 6.45) is 1.84. The Kier molecular flexibility index (Phi) is 7.28. The number of hydrogen-bond acceptors (Lipinski definition) is 3. The second kappa shape index (κ2) is 8.46. The molecule has 1 rings (SSSR count). The lowest BCUT2D eigenvalue weighted by molar-refractivity contribution is 0.528. The second-order valence-corrected chi connectivity index (χ2v) is 7.06. The van der Waals surface area contributed by atoms with E-state index in [1.54, 1.807) is 0 Å². The Hall–Kier alpha value is -0.980. The Morgan fingerprint density at radius 1 is 1.29 bits per heavy atom. The SMILES string of the molecule is CCCNCc1cc(S(=O)(=O)NCC(C)CC)ccc1F. The number of halogens is 1. The van der Waals surface area contributed by atoms with Crippen LogP contribution in [0.4, 0.5) is 4.39 Å². The Morgan fingerprint density at radius 2 is 2.00 bits per heavy atom. The van der Waals surface area contributed by atoms with E-state index in [1.165, 1.54) is 18.2 Å². The zero-order valence-electron chi connectivity index (χ0n) is 12.9. The van der Waals surface area contributed by atoms with Crippen LogP contribution in [0.3, 0.4) is 0 Å². The van der Waals surface area contributed by atoms with Crippen LogP contribution >= 0.6 is 0 Å². The fraction of sp³-hybridized carbons (Fsp3) is 0.600. The first kappa shape index (κ1) is 18.1. The van der Waals surface area contributed by atoms with Gasteiger partial charge in [-0.2, -0.15) is 0 Å². The quantitative estimate of drug-likeness (QED) is 0.689. The van der Waals surface area contributed by atoms with E-state index < -0.39 is 10.0 Å². The van der Waals surface area contributed by atoms with Gasteiger partial charge in [-0.3, -0.25) is 0 Å². The smallest absolute Gasteiger partial charge is 0.240 e. The van der Waals surface area contributed by atoms with Crippen molar-refractivity contribution in [2.75, 3.05) is 13.1 Å². The predicted octanol–water partition coefficient (Wildman–Crippen LogP) is 2.65. The minimum absolute atomic E-state index is 0.112. The van der Waals surface area contributed by atoms with E-state index in [1.807, 2.05) is 20.8 Å². The number of nitrogens with one attached hydrogen (secondary N) is 2. The van der Waals surface area contributed by atoms with Gasteiger partial charge in [-0.25, -0.2) is 17.5 Å². The molecule has 0 aliphatic heterocycles. The molecule has 2 N–H and O–H groups in total. The van der Waals surface area contributed by atoms with E-state index in [0.717, 1.165) is 19.4 Å². The monoisotopic (exact) mass is 316 g/mol. The highest BCUT2D eigenvalue weighted by molar-refractivity contribution is 7.89. The van der Waals surface area contributed by atoms with E-state index in [9.17, 15) is 12.8 Å². The molecule has 0 saturated heterocycles. The predicted molar refractivity (Wildman–Crippen MR) is 83.0 cm³/mol. The molecule has 0 radical (unpaired) electrons. The maximum Gasteiger partial charge on any atom is 0.240 e. The zero-order valence-corrected chi connectivity index (χ0v) is 13.8. The van der Waals surface area contributed by atoms with Crippen molar-refractivity contribution in [2.45, 2.75) is 45.1 Å². The maximum absolute atomic E-state index is 13.7. The molecule has 4 nitrogen and oxygen atoms in total. The van der Waals surface area contributed by atoms with Crippen molar-refractivity contribution in [3.63, 3.8) is 0 Å². The third-order valence-corrected chi connectivity index (χ3v) is 4.81. The van der Waals surface area contributed by atoms with Gasteiger partial charge in [-0.15, -0.1) is 0 Å². The normalized spacial score (nSPS) is 13.3. The van der Waals surface area contributed by atoms with Crippen LogP contribution in [0.1, 0.15) is 39.2 Å². The van der Waals surface area contributed by atoms with Crippen LogP contribution in [0.2, 0.25) is 0 Å². The Bertz CT molecular complexity index is 547. The van der Waals surface area contributed by atoms with Crippen LogP contribution in [0.25, 0.3) is 0 Å². The van der Waals surface area contributed by atoms with E-state index in [-0.39, 0.29) is 16.6 Å². The molecule has 120 valence electrons. The van der Waals surface area contributed by atoms with Crippen molar-refractivity contribution >= 4 is 10.0 Å². The molecule has 6 heteroatoms. The van der Waals surface area contributed by atoms with Crippen molar-refractivity contribution in [3.8, 4) is 0 Å². The van der Waals surface area contributed by atoms with Crippen molar-refractivity contribution in [1.29, 1.82) is 0 Å². The van der Waals surface area contributed by atoms with Gasteiger partial charge in [0, 0.05) is 18.7 Å². The summed E-state index contributed by atoms with van der Waals surface area (Å²) in [4.78, 5) is 0.112. The standard InChI is InChI=1S/C15H25FN2O2S/c1-4-8-17-11-13-9-14(6-7-15(13)16)21(19,20)18-10-12(3)5-2/h6-7,9,12,17-18H,4-5,8,10-11H2,1-3H3. The third kappa shape index (κ3) is 5.73. The summed E-state index contributed by atoms with van der Waals surface area (Å²) in [5.41, 5.74) is 0.370. The zero-order chi connectivity index (χ0) is 15.9. The highest BCUT2D eigenvalue weighted by Gasteiger charge is 2.16. The van der Waals surface area contributed by atoms with E-state index in [0.29, 0.717) is 18.7 Å². The summed E-state index contributed by atoms with van der Waals surface area (Å²) in [5.74, 6) is -0.120. The van der Waals surface area contributed by atoms with Crippen molar-refractivity contribution in [3.05, 3.63) is 29.6 Å². The number of benzene rings is 1. The van der Waals surface area contributed by atoms with Gasteiger partial charge in [0.2, 0.25) is 10.0 Å². The number of hydrogen-bond donors (Lipinski definition) is 2. The molecular formula is C15H25FN2O2S. The first-order valence-electron chi connectivity index (χ1n) is 7.39. The van der Waals surface area contributed by atoms with Gasteiger partial charge in [0.1, 0.15) is 5.82 Å². The minimum Gasteiger partial charge on any atom is -0.313 e. The summed E-state index contributed by atoms with van der Waals surface area (Å²) in [5, 5.41) is 3.07. The Morgan fingerprint density at radius 3 is 2.62 bits per heavy atom. The summed E-state index contributed by atoms with van der Waals surface area (Å²) in [6, 6.07) is 3.91. The lowest BCUT2D eigenvalue weighted by atomic mass is 10.1. The van der Waals surface area contributed by atoms with Gasteiger partial charge in [0.25, 0.3) is 0 Å². The van der Waals surface area contributed by atoms with Crippen LogP contribution in [0.5, 0.6) is 0 Å². The molecule has 1 aromatic carbocycles. The van der Waals surface area contributed by atoms with E-state index >= 15 is 0 Å². The average molecular weight is 316 g/mol. The molecule has 1 atom stereocenters. The molecule has 21 heavy (non-hydrogen) atoms. The first-order chi connectivity index (χ1) is 9.90. The first-order valence-corrected chi connectivity index (χ1v) is 8.87. The average Bonchev–Trinajstić information content (AvgIpc) is 2.46. The van der Waals surface area contributed by atoms with Crippen molar-refractivity contribution in [1.82, 2.24) is 10.0 Å². The molecule has 0 fully saturated rings. The van der Waals surface area contributed by atoms with Crippen LogP contribution in [-0.2, 0) is 16.6 Å². The largest absolute Gasteiger partial charge is 0.313 e. The van der Waals surface area contributed by atoms with Crippen LogP contribution in [0.15, 0.2) is 23.1 Å². The molecule has 0 saturated carbocycles. The lowest BCUT2D eigenvalue weighted by Gasteiger charge is -2.12. The summed E-state index contributed by atoms with van der Waals surface area (Å²) in [7, 11) is -3.58. The van der Waals surface area contributed by atoms with Gasteiger partial charge in [-0.05, 0) is 37.1 Å². The highest BCUT2D eigenvalue weighted by Crippen LogP contribution is 2.15. The Labute approximate surface area is 127 Å². The van der Waals surface area contributed by atoms with E-state index in [4.69, 9.17) is 0 Å². The highest BCUT2D eigenvalue weighted by atomic mass is 32.2. The number of sulfonamides is 1. The molecule has 0 aliphatic rings. The second-order valence-electron chi connectivity index (χ2n) is 5.30. The summed E-state index contributed by atoms with van der Waals surface area (Å²) >= 11 is 0. The molecule has 1 aromatic rings. The molecule has 0 bridgehead atoms.